The lowest BCUT2D eigenvalue weighted by atomic mass is 9.85. The summed E-state index contributed by atoms with van der Waals surface area (Å²) in [7, 11) is 0. The zero-order valence-corrected chi connectivity index (χ0v) is 8.11. The van der Waals surface area contributed by atoms with Crippen LogP contribution in [0.4, 0.5) is 0 Å². The molecule has 0 bridgehead atoms. The minimum absolute atomic E-state index is 0.179. The van der Waals surface area contributed by atoms with Gasteiger partial charge in [0.05, 0.1) is 13.2 Å². The Balaban J connectivity index is 1.70. The minimum atomic E-state index is 0.179. The summed E-state index contributed by atoms with van der Waals surface area (Å²) in [6.45, 7) is 1.21. The molecule has 0 heterocycles. The van der Waals surface area contributed by atoms with Gasteiger partial charge in [0.2, 0.25) is 0 Å². The van der Waals surface area contributed by atoms with E-state index in [2.05, 4.69) is 0 Å². The van der Waals surface area contributed by atoms with Gasteiger partial charge in [0.1, 0.15) is 5.78 Å². The van der Waals surface area contributed by atoms with Gasteiger partial charge in [-0.2, -0.15) is 0 Å². The van der Waals surface area contributed by atoms with Gasteiger partial charge in [-0.25, -0.2) is 0 Å². The first-order valence-corrected chi connectivity index (χ1v) is 5.00. The summed E-state index contributed by atoms with van der Waals surface area (Å²) in [6, 6.07) is 10.0. The second kappa shape index (κ2) is 4.38. The molecule has 1 fully saturated rings. The van der Waals surface area contributed by atoms with E-state index >= 15 is 0 Å². The fourth-order valence-corrected chi connectivity index (χ4v) is 1.54. The van der Waals surface area contributed by atoms with Crippen molar-refractivity contribution < 1.29 is 9.53 Å². The quantitative estimate of drug-likeness (QED) is 0.727. The lowest BCUT2D eigenvalue weighted by Crippen LogP contribution is -2.29. The van der Waals surface area contributed by atoms with Crippen LogP contribution in [0.5, 0.6) is 0 Å². The molecule has 0 amide bonds. The maximum absolute atomic E-state index is 11.0. The molecule has 2 heteroatoms. The van der Waals surface area contributed by atoms with Crippen molar-refractivity contribution in [1.82, 2.24) is 0 Å². The topological polar surface area (TPSA) is 26.3 Å². The number of carbonyl (C=O) groups excluding carboxylic acids is 1. The van der Waals surface area contributed by atoms with Crippen LogP contribution in [0, 0.1) is 5.92 Å². The van der Waals surface area contributed by atoms with Crippen LogP contribution in [-0.4, -0.2) is 12.4 Å². The van der Waals surface area contributed by atoms with Crippen LogP contribution in [0.25, 0.3) is 0 Å². The first-order chi connectivity index (χ1) is 6.86. The van der Waals surface area contributed by atoms with Gasteiger partial charge in [-0.05, 0) is 12.0 Å². The van der Waals surface area contributed by atoms with Gasteiger partial charge in [0.15, 0.2) is 0 Å². The first-order valence-electron chi connectivity index (χ1n) is 5.00. The second-order valence-electron chi connectivity index (χ2n) is 3.70. The van der Waals surface area contributed by atoms with Crippen molar-refractivity contribution in [3.05, 3.63) is 35.9 Å². The zero-order valence-electron chi connectivity index (χ0n) is 8.11. The molecule has 2 nitrogen and oxygen atoms in total. The number of carbonyl (C=O) groups is 1. The van der Waals surface area contributed by atoms with Gasteiger partial charge in [-0.3, -0.25) is 4.79 Å². The Morgan fingerprint density at radius 1 is 1.29 bits per heavy atom. The van der Waals surface area contributed by atoms with Crippen molar-refractivity contribution in [1.29, 1.82) is 0 Å². The van der Waals surface area contributed by atoms with Crippen LogP contribution in [-0.2, 0) is 16.1 Å². The molecule has 1 aliphatic rings. The summed E-state index contributed by atoms with van der Waals surface area (Å²) in [5, 5.41) is 0. The molecule has 14 heavy (non-hydrogen) atoms. The van der Waals surface area contributed by atoms with Gasteiger partial charge in [-0.15, -0.1) is 0 Å². The molecule has 1 aromatic rings. The second-order valence-corrected chi connectivity index (χ2v) is 3.70. The van der Waals surface area contributed by atoms with E-state index in [4.69, 9.17) is 4.74 Å². The summed E-state index contributed by atoms with van der Waals surface area (Å²) >= 11 is 0. The molecule has 0 unspecified atom stereocenters. The Bertz CT molecular complexity index is 305. The largest absolute Gasteiger partial charge is 0.376 e. The number of ether oxygens (including phenoxy) is 1. The van der Waals surface area contributed by atoms with Gasteiger partial charge in [0, 0.05) is 12.3 Å². The van der Waals surface area contributed by atoms with Crippen molar-refractivity contribution in [2.24, 2.45) is 5.92 Å². The summed E-state index contributed by atoms with van der Waals surface area (Å²) in [5.41, 5.74) is 1.17. The van der Waals surface area contributed by atoms with Crippen LogP contribution in [0.2, 0.25) is 0 Å². The molecule has 1 saturated carbocycles. The predicted molar refractivity (Wildman–Crippen MR) is 53.8 cm³/mol. The lowest BCUT2D eigenvalue weighted by molar-refractivity contribution is -0.132. The SMILES string of the molecule is O=C1CC[C@H]1COCc1ccccc1. The standard InChI is InChI=1S/C12H14O2/c13-12-7-6-11(12)9-14-8-10-4-2-1-3-5-10/h1-5,11H,6-9H2/t11-/m0/s1. The molecular formula is C12H14O2. The molecule has 1 atom stereocenters. The van der Waals surface area contributed by atoms with Crippen molar-refractivity contribution in [2.75, 3.05) is 6.61 Å². The summed E-state index contributed by atoms with van der Waals surface area (Å²) in [6.07, 6.45) is 1.76. The van der Waals surface area contributed by atoms with E-state index in [1.165, 1.54) is 5.56 Å². The van der Waals surface area contributed by atoms with Crippen molar-refractivity contribution in [3.8, 4) is 0 Å². The third-order valence-corrected chi connectivity index (χ3v) is 2.63. The number of Topliss-reactive ketones (excluding diaryl/α,β-unsaturated/α-hetero) is 1. The lowest BCUT2D eigenvalue weighted by Gasteiger charge is -2.23. The maximum Gasteiger partial charge on any atom is 0.138 e. The van der Waals surface area contributed by atoms with Gasteiger partial charge >= 0.3 is 0 Å². The molecule has 0 aromatic heterocycles. The van der Waals surface area contributed by atoms with E-state index in [1.54, 1.807) is 0 Å². The highest BCUT2D eigenvalue weighted by molar-refractivity contribution is 5.86. The Morgan fingerprint density at radius 3 is 2.64 bits per heavy atom. The predicted octanol–water partition coefficient (Wildman–Crippen LogP) is 2.18. The van der Waals surface area contributed by atoms with Crippen molar-refractivity contribution in [2.45, 2.75) is 19.4 Å². The van der Waals surface area contributed by atoms with E-state index in [0.717, 1.165) is 12.8 Å². The monoisotopic (exact) mass is 190 g/mol. The molecule has 0 spiro atoms. The van der Waals surface area contributed by atoms with Gasteiger partial charge < -0.3 is 4.74 Å². The molecule has 2 rings (SSSR count). The molecule has 1 aromatic carbocycles. The Morgan fingerprint density at radius 2 is 2.07 bits per heavy atom. The highest BCUT2D eigenvalue weighted by atomic mass is 16.5. The van der Waals surface area contributed by atoms with E-state index in [0.29, 0.717) is 19.0 Å². The van der Waals surface area contributed by atoms with Crippen molar-refractivity contribution in [3.63, 3.8) is 0 Å². The molecule has 0 saturated heterocycles. The molecule has 1 aliphatic carbocycles. The van der Waals surface area contributed by atoms with E-state index < -0.39 is 0 Å². The summed E-state index contributed by atoms with van der Waals surface area (Å²) < 4.78 is 5.47. The number of hydrogen-bond donors (Lipinski definition) is 0. The first kappa shape index (κ1) is 9.41. The molecule has 74 valence electrons. The fraction of sp³-hybridized carbons (Fsp3) is 0.417. The van der Waals surface area contributed by atoms with Crippen LogP contribution >= 0.6 is 0 Å². The molecule has 0 radical (unpaired) electrons. The van der Waals surface area contributed by atoms with Crippen LogP contribution < -0.4 is 0 Å². The summed E-state index contributed by atoms with van der Waals surface area (Å²) in [4.78, 5) is 11.0. The highest BCUT2D eigenvalue weighted by Crippen LogP contribution is 2.22. The van der Waals surface area contributed by atoms with Crippen LogP contribution in [0.1, 0.15) is 18.4 Å². The summed E-state index contributed by atoms with van der Waals surface area (Å²) in [5.74, 6) is 0.539. The van der Waals surface area contributed by atoms with E-state index in [9.17, 15) is 4.79 Å². The number of rotatable bonds is 4. The Hall–Kier alpha value is -1.15. The average molecular weight is 190 g/mol. The minimum Gasteiger partial charge on any atom is -0.376 e. The fourth-order valence-electron chi connectivity index (χ4n) is 1.54. The average Bonchev–Trinajstić information content (AvgIpc) is 2.24. The normalized spacial score (nSPS) is 20.6. The number of benzene rings is 1. The maximum atomic E-state index is 11.0. The number of ketones is 1. The third-order valence-electron chi connectivity index (χ3n) is 2.63. The molecular weight excluding hydrogens is 176 g/mol. The van der Waals surface area contributed by atoms with E-state index in [-0.39, 0.29) is 5.92 Å². The van der Waals surface area contributed by atoms with Gasteiger partial charge in [0.25, 0.3) is 0 Å². The van der Waals surface area contributed by atoms with E-state index in [1.807, 2.05) is 30.3 Å². The smallest absolute Gasteiger partial charge is 0.138 e. The number of hydrogen-bond acceptors (Lipinski definition) is 2. The zero-order chi connectivity index (χ0) is 9.80. The van der Waals surface area contributed by atoms with Crippen LogP contribution in [0.15, 0.2) is 30.3 Å². The van der Waals surface area contributed by atoms with Crippen LogP contribution in [0.3, 0.4) is 0 Å². The highest BCUT2D eigenvalue weighted by Gasteiger charge is 2.27. The Labute approximate surface area is 83.9 Å². The van der Waals surface area contributed by atoms with Crippen molar-refractivity contribution >= 4 is 5.78 Å². The van der Waals surface area contributed by atoms with Gasteiger partial charge in [-0.1, -0.05) is 30.3 Å². The Kier molecular flexibility index (Phi) is 2.94. The third kappa shape index (κ3) is 2.20. The molecule has 0 N–H and O–H groups in total. The molecule has 0 aliphatic heterocycles.